The van der Waals surface area contributed by atoms with Crippen molar-refractivity contribution in [3.63, 3.8) is 0 Å². The summed E-state index contributed by atoms with van der Waals surface area (Å²) < 4.78 is 33.1. The van der Waals surface area contributed by atoms with E-state index in [2.05, 4.69) is 6.58 Å². The predicted molar refractivity (Wildman–Crippen MR) is 169 cm³/mol. The summed E-state index contributed by atoms with van der Waals surface area (Å²) in [6.07, 6.45) is 4.54. The number of carbonyl (C=O) groups is 1. The molecule has 2 heterocycles. The summed E-state index contributed by atoms with van der Waals surface area (Å²) in [4.78, 5) is 32.3. The van der Waals surface area contributed by atoms with Gasteiger partial charge in [-0.3, -0.25) is 9.36 Å². The van der Waals surface area contributed by atoms with Gasteiger partial charge in [-0.1, -0.05) is 66.8 Å². The molecule has 1 aromatic heterocycles. The van der Waals surface area contributed by atoms with Crippen LogP contribution < -0.4 is 24.4 Å². The topological polar surface area (TPSA) is 79.1 Å². The van der Waals surface area contributed by atoms with E-state index in [1.54, 1.807) is 28.9 Å². The highest BCUT2D eigenvalue weighted by Crippen LogP contribution is 2.35. The van der Waals surface area contributed by atoms with Crippen LogP contribution in [-0.2, 0) is 22.6 Å². The largest absolute Gasteiger partial charge is 0.490 e. The number of nitrogens with zero attached hydrogens (tertiary/aromatic N) is 2. The van der Waals surface area contributed by atoms with E-state index in [9.17, 15) is 14.0 Å². The van der Waals surface area contributed by atoms with Crippen LogP contribution in [0.2, 0.25) is 0 Å². The van der Waals surface area contributed by atoms with Crippen LogP contribution in [0.25, 0.3) is 6.08 Å². The highest BCUT2D eigenvalue weighted by molar-refractivity contribution is 7.07. The number of hydrogen-bond acceptors (Lipinski definition) is 7. The van der Waals surface area contributed by atoms with Crippen molar-refractivity contribution >= 4 is 23.4 Å². The monoisotopic (exact) mass is 612 g/mol. The van der Waals surface area contributed by atoms with Gasteiger partial charge in [-0.05, 0) is 66.8 Å². The zero-order chi connectivity index (χ0) is 31.2. The lowest BCUT2D eigenvalue weighted by Crippen LogP contribution is -2.40. The smallest absolute Gasteiger partial charge is 0.338 e. The lowest BCUT2D eigenvalue weighted by molar-refractivity contribution is -0.136. The van der Waals surface area contributed by atoms with Crippen LogP contribution >= 0.6 is 11.3 Å². The van der Waals surface area contributed by atoms with Crippen molar-refractivity contribution in [2.45, 2.75) is 39.3 Å². The van der Waals surface area contributed by atoms with Crippen LogP contribution in [0.1, 0.15) is 48.6 Å². The summed E-state index contributed by atoms with van der Waals surface area (Å²) in [7, 11) is 1.33. The van der Waals surface area contributed by atoms with E-state index in [4.69, 9.17) is 19.2 Å². The van der Waals surface area contributed by atoms with E-state index in [1.165, 1.54) is 30.6 Å². The van der Waals surface area contributed by atoms with Gasteiger partial charge in [0.2, 0.25) is 0 Å². The van der Waals surface area contributed by atoms with Gasteiger partial charge in [0, 0.05) is 5.56 Å². The summed E-state index contributed by atoms with van der Waals surface area (Å²) in [5, 5.41) is 0. The molecule has 0 spiro atoms. The number of allylic oxidation sites excluding steroid dienone is 2. The molecule has 0 bridgehead atoms. The number of fused-ring (bicyclic) bond motifs is 1. The number of methoxy groups -OCH3 is 1. The second-order valence-corrected chi connectivity index (χ2v) is 11.1. The standard InChI is InChI=1S/C35H33FN2O5S/c1-5-12-25-17-23(19-28(42-7-3)32(25)43-21-22-13-11-16-26(36)18-22)20-29-33(39)38-31(24-14-9-8-10-15-24)30(34(40)41-4)27(6-2)37-35(38)44-29/h5,8-11,13-20,31H,1,6-7,12,21H2,2-4H3/b29-20-/t31-/m1/s1. The number of thiazole rings is 1. The molecule has 7 nitrogen and oxygen atoms in total. The number of carbonyl (C=O) groups excluding carboxylic acids is 1. The summed E-state index contributed by atoms with van der Waals surface area (Å²) in [6, 6.07) is 18.7. The molecule has 0 N–H and O–H groups in total. The normalized spacial score (nSPS) is 14.5. The maximum absolute atomic E-state index is 14.0. The number of rotatable bonds is 11. The third kappa shape index (κ3) is 6.28. The van der Waals surface area contributed by atoms with E-state index < -0.39 is 12.0 Å². The number of aromatic nitrogens is 1. The van der Waals surface area contributed by atoms with Crippen LogP contribution in [0.15, 0.2) is 100 Å². The van der Waals surface area contributed by atoms with Crippen molar-refractivity contribution in [1.82, 2.24) is 4.57 Å². The molecule has 4 aromatic rings. The first-order valence-corrected chi connectivity index (χ1v) is 15.2. The Hall–Kier alpha value is -4.76. The van der Waals surface area contributed by atoms with Gasteiger partial charge in [0.15, 0.2) is 16.3 Å². The Morgan fingerprint density at radius 2 is 1.89 bits per heavy atom. The van der Waals surface area contributed by atoms with Crippen LogP contribution in [0.3, 0.4) is 0 Å². The average Bonchev–Trinajstić information content (AvgIpc) is 3.34. The summed E-state index contributed by atoms with van der Waals surface area (Å²) in [5.74, 6) is 0.191. The third-order valence-electron chi connectivity index (χ3n) is 7.15. The first kappa shape index (κ1) is 30.7. The van der Waals surface area contributed by atoms with Crippen molar-refractivity contribution in [2.75, 3.05) is 13.7 Å². The Labute approximate surface area is 258 Å². The number of hydrogen-bond donors (Lipinski definition) is 0. The molecule has 0 fully saturated rings. The lowest BCUT2D eigenvalue weighted by Gasteiger charge is -2.25. The molecule has 0 saturated carbocycles. The van der Waals surface area contributed by atoms with E-state index >= 15 is 0 Å². The fourth-order valence-electron chi connectivity index (χ4n) is 5.25. The van der Waals surface area contributed by atoms with Crippen molar-refractivity contribution < 1.29 is 23.4 Å². The van der Waals surface area contributed by atoms with E-state index in [0.29, 0.717) is 57.1 Å². The molecule has 0 radical (unpaired) electrons. The van der Waals surface area contributed by atoms with Gasteiger partial charge in [-0.2, -0.15) is 0 Å². The van der Waals surface area contributed by atoms with Gasteiger partial charge in [0.1, 0.15) is 12.4 Å². The second-order valence-electron chi connectivity index (χ2n) is 10.1. The number of ether oxygens (including phenoxy) is 3. The Morgan fingerprint density at radius 1 is 1.09 bits per heavy atom. The average molecular weight is 613 g/mol. The third-order valence-corrected chi connectivity index (χ3v) is 8.14. The van der Waals surface area contributed by atoms with Crippen LogP contribution in [-0.4, -0.2) is 24.3 Å². The fourth-order valence-corrected chi connectivity index (χ4v) is 6.27. The van der Waals surface area contributed by atoms with Crippen molar-refractivity contribution in [3.05, 3.63) is 138 Å². The van der Waals surface area contributed by atoms with Gasteiger partial charge in [0.25, 0.3) is 5.56 Å². The van der Waals surface area contributed by atoms with Crippen molar-refractivity contribution in [2.24, 2.45) is 4.99 Å². The molecule has 5 rings (SSSR count). The van der Waals surface area contributed by atoms with Gasteiger partial charge >= 0.3 is 5.97 Å². The van der Waals surface area contributed by atoms with E-state index in [0.717, 1.165) is 16.7 Å². The molecular formula is C35H33FN2O5S. The molecule has 0 aliphatic carbocycles. The minimum Gasteiger partial charge on any atom is -0.490 e. The Kier molecular flexibility index (Phi) is 9.55. The molecule has 0 unspecified atom stereocenters. The van der Waals surface area contributed by atoms with Gasteiger partial charge < -0.3 is 14.2 Å². The maximum atomic E-state index is 14.0. The molecular weight excluding hydrogens is 579 g/mol. The maximum Gasteiger partial charge on any atom is 0.338 e. The number of esters is 1. The van der Waals surface area contributed by atoms with E-state index in [-0.39, 0.29) is 18.0 Å². The Morgan fingerprint density at radius 3 is 2.57 bits per heavy atom. The molecule has 3 aromatic carbocycles. The van der Waals surface area contributed by atoms with Gasteiger partial charge in [-0.15, -0.1) is 6.58 Å². The fraction of sp³-hybridized carbons (Fsp3) is 0.229. The Balaban J connectivity index is 1.64. The highest BCUT2D eigenvalue weighted by atomic mass is 32.1. The second kappa shape index (κ2) is 13.7. The van der Waals surface area contributed by atoms with Gasteiger partial charge in [-0.25, -0.2) is 14.2 Å². The number of benzene rings is 3. The van der Waals surface area contributed by atoms with Gasteiger partial charge in [0.05, 0.1) is 35.6 Å². The van der Waals surface area contributed by atoms with Crippen LogP contribution in [0, 0.1) is 5.82 Å². The first-order chi connectivity index (χ1) is 21.4. The molecule has 0 amide bonds. The minimum atomic E-state index is -0.675. The molecule has 1 atom stereocenters. The summed E-state index contributed by atoms with van der Waals surface area (Å²) in [6.45, 7) is 8.24. The van der Waals surface area contributed by atoms with E-state index in [1.807, 2.05) is 56.3 Å². The Bertz CT molecular complexity index is 1910. The highest BCUT2D eigenvalue weighted by Gasteiger charge is 2.33. The molecule has 226 valence electrons. The first-order valence-electron chi connectivity index (χ1n) is 14.3. The zero-order valence-electron chi connectivity index (χ0n) is 24.8. The SMILES string of the molecule is C=CCc1cc(/C=c2\sc3n(c2=O)[C@H](c2ccccc2)C(C(=O)OC)=C(CC)N=3)cc(OCC)c1OCc1cccc(F)c1. The van der Waals surface area contributed by atoms with Crippen LogP contribution in [0.5, 0.6) is 11.5 Å². The molecule has 9 heteroatoms. The summed E-state index contributed by atoms with van der Waals surface area (Å²) >= 11 is 1.26. The molecule has 1 aliphatic heterocycles. The molecule has 44 heavy (non-hydrogen) atoms. The molecule has 0 saturated heterocycles. The van der Waals surface area contributed by atoms with Crippen LogP contribution in [0.4, 0.5) is 4.39 Å². The zero-order valence-corrected chi connectivity index (χ0v) is 25.7. The predicted octanol–water partition coefficient (Wildman–Crippen LogP) is 5.64. The minimum absolute atomic E-state index is 0.154. The molecule has 1 aliphatic rings. The summed E-state index contributed by atoms with van der Waals surface area (Å²) in [5.41, 5.74) is 3.68. The van der Waals surface area contributed by atoms with Crippen molar-refractivity contribution in [3.8, 4) is 11.5 Å². The number of halogens is 1. The van der Waals surface area contributed by atoms with Crippen molar-refractivity contribution in [1.29, 1.82) is 0 Å². The quantitative estimate of drug-likeness (QED) is 0.162. The lowest BCUT2D eigenvalue weighted by atomic mass is 9.95.